The summed E-state index contributed by atoms with van der Waals surface area (Å²) in [5, 5.41) is 21.0. The van der Waals surface area contributed by atoms with Gasteiger partial charge in [-0.25, -0.2) is 4.79 Å². The van der Waals surface area contributed by atoms with E-state index in [4.69, 9.17) is 14.6 Å². The SMILES string of the molecule is CSc1nnc2c(n1)OC(c1ccc(OCC(=O)O)cc1)Nc1ccccc1-2. The molecule has 2 N–H and O–H groups in total. The summed E-state index contributed by atoms with van der Waals surface area (Å²) < 4.78 is 11.3. The fourth-order valence-electron chi connectivity index (χ4n) is 2.77. The first-order chi connectivity index (χ1) is 13.6. The maximum absolute atomic E-state index is 10.6. The summed E-state index contributed by atoms with van der Waals surface area (Å²) in [6.45, 7) is -0.391. The summed E-state index contributed by atoms with van der Waals surface area (Å²) >= 11 is 1.39. The van der Waals surface area contributed by atoms with Gasteiger partial charge < -0.3 is 19.9 Å². The molecule has 0 bridgehead atoms. The molecule has 8 nitrogen and oxygen atoms in total. The molecule has 1 atom stereocenters. The van der Waals surface area contributed by atoms with Gasteiger partial charge in [-0.3, -0.25) is 0 Å². The Kier molecular flexibility index (Phi) is 4.98. The van der Waals surface area contributed by atoms with Crippen molar-refractivity contribution in [2.24, 2.45) is 0 Å². The lowest BCUT2D eigenvalue weighted by molar-refractivity contribution is -0.139. The molecular weight excluding hydrogens is 380 g/mol. The molecule has 0 fully saturated rings. The van der Waals surface area contributed by atoms with Gasteiger partial charge in [0.25, 0.3) is 0 Å². The third kappa shape index (κ3) is 3.70. The molecule has 1 unspecified atom stereocenters. The number of hydrogen-bond acceptors (Lipinski definition) is 8. The third-order valence-electron chi connectivity index (χ3n) is 4.06. The monoisotopic (exact) mass is 396 g/mol. The molecule has 142 valence electrons. The number of fused-ring (bicyclic) bond motifs is 3. The van der Waals surface area contributed by atoms with Gasteiger partial charge in [0.1, 0.15) is 5.75 Å². The van der Waals surface area contributed by atoms with Gasteiger partial charge in [0.05, 0.1) is 0 Å². The van der Waals surface area contributed by atoms with E-state index in [0.29, 0.717) is 22.5 Å². The number of carboxylic acids is 1. The number of nitrogens with zero attached hydrogens (tertiary/aromatic N) is 3. The molecular formula is C19H16N4O4S. The molecule has 28 heavy (non-hydrogen) atoms. The molecule has 0 radical (unpaired) electrons. The van der Waals surface area contributed by atoms with E-state index in [9.17, 15) is 4.79 Å². The summed E-state index contributed by atoms with van der Waals surface area (Å²) in [7, 11) is 0. The summed E-state index contributed by atoms with van der Waals surface area (Å²) in [5.41, 5.74) is 3.11. The topological polar surface area (TPSA) is 106 Å². The average Bonchev–Trinajstić information content (AvgIpc) is 2.89. The van der Waals surface area contributed by atoms with Crippen LogP contribution in [0.15, 0.2) is 53.7 Å². The van der Waals surface area contributed by atoms with E-state index in [2.05, 4.69) is 20.5 Å². The number of benzene rings is 2. The molecule has 3 aromatic rings. The Morgan fingerprint density at radius 1 is 1.21 bits per heavy atom. The Morgan fingerprint density at radius 3 is 2.75 bits per heavy atom. The fraction of sp³-hybridized carbons (Fsp3) is 0.158. The van der Waals surface area contributed by atoms with Crippen molar-refractivity contribution in [1.82, 2.24) is 15.2 Å². The number of carbonyl (C=O) groups is 1. The summed E-state index contributed by atoms with van der Waals surface area (Å²) in [4.78, 5) is 15.1. The van der Waals surface area contributed by atoms with Crippen LogP contribution in [-0.4, -0.2) is 39.1 Å². The first-order valence-electron chi connectivity index (χ1n) is 8.40. The second kappa shape index (κ2) is 7.73. The maximum Gasteiger partial charge on any atom is 0.341 e. The van der Waals surface area contributed by atoms with Crippen LogP contribution < -0.4 is 14.8 Å². The molecule has 0 aliphatic carbocycles. The summed E-state index contributed by atoms with van der Waals surface area (Å²) in [6, 6.07) is 14.7. The van der Waals surface area contributed by atoms with Crippen LogP contribution in [0.25, 0.3) is 11.3 Å². The number of para-hydroxylation sites is 1. The van der Waals surface area contributed by atoms with Gasteiger partial charge >= 0.3 is 5.97 Å². The molecule has 2 aromatic carbocycles. The highest BCUT2D eigenvalue weighted by Gasteiger charge is 2.25. The lowest BCUT2D eigenvalue weighted by atomic mass is 10.1. The molecule has 0 saturated carbocycles. The molecule has 4 rings (SSSR count). The van der Waals surface area contributed by atoms with Gasteiger partial charge in [0.15, 0.2) is 18.5 Å². The minimum absolute atomic E-state index is 0.391. The van der Waals surface area contributed by atoms with E-state index in [0.717, 1.165) is 16.8 Å². The van der Waals surface area contributed by atoms with Crippen LogP contribution in [0.2, 0.25) is 0 Å². The number of rotatable bonds is 5. The minimum atomic E-state index is -1.03. The number of carboxylic acid groups (broad SMARTS) is 1. The number of aromatic nitrogens is 3. The zero-order chi connectivity index (χ0) is 19.5. The molecule has 0 saturated heterocycles. The molecule has 0 amide bonds. The maximum atomic E-state index is 10.6. The summed E-state index contributed by atoms with van der Waals surface area (Å²) in [6.07, 6.45) is 1.36. The van der Waals surface area contributed by atoms with Crippen LogP contribution in [0.4, 0.5) is 5.69 Å². The van der Waals surface area contributed by atoms with Gasteiger partial charge in [0.2, 0.25) is 11.0 Å². The van der Waals surface area contributed by atoms with Gasteiger partial charge in [0, 0.05) is 16.8 Å². The van der Waals surface area contributed by atoms with E-state index < -0.39 is 18.8 Å². The van der Waals surface area contributed by atoms with Crippen molar-refractivity contribution in [3.8, 4) is 22.9 Å². The number of hydrogen-bond donors (Lipinski definition) is 2. The van der Waals surface area contributed by atoms with Crippen molar-refractivity contribution >= 4 is 23.4 Å². The number of ether oxygens (including phenoxy) is 2. The largest absolute Gasteiger partial charge is 0.482 e. The van der Waals surface area contributed by atoms with E-state index in [1.807, 2.05) is 42.7 Å². The van der Waals surface area contributed by atoms with E-state index in [-0.39, 0.29) is 0 Å². The molecule has 2 heterocycles. The highest BCUT2D eigenvalue weighted by atomic mass is 32.2. The van der Waals surface area contributed by atoms with Crippen LogP contribution in [0.3, 0.4) is 0 Å². The molecule has 0 spiro atoms. The molecule has 1 aliphatic heterocycles. The zero-order valence-corrected chi connectivity index (χ0v) is 15.6. The predicted octanol–water partition coefficient (Wildman–Crippen LogP) is 3.23. The predicted molar refractivity (Wildman–Crippen MR) is 104 cm³/mol. The number of anilines is 1. The van der Waals surface area contributed by atoms with Crippen LogP contribution in [0.5, 0.6) is 11.6 Å². The van der Waals surface area contributed by atoms with Crippen LogP contribution >= 0.6 is 11.8 Å². The second-order valence-corrected chi connectivity index (χ2v) is 6.66. The van der Waals surface area contributed by atoms with Crippen LogP contribution in [0, 0.1) is 0 Å². The van der Waals surface area contributed by atoms with E-state index in [1.165, 1.54) is 11.8 Å². The molecule has 1 aliphatic rings. The Bertz CT molecular complexity index is 1010. The minimum Gasteiger partial charge on any atom is -0.482 e. The van der Waals surface area contributed by atoms with Crippen molar-refractivity contribution in [3.63, 3.8) is 0 Å². The van der Waals surface area contributed by atoms with Crippen molar-refractivity contribution < 1.29 is 19.4 Å². The van der Waals surface area contributed by atoms with Gasteiger partial charge in [-0.2, -0.15) is 4.98 Å². The van der Waals surface area contributed by atoms with Gasteiger partial charge in [-0.15, -0.1) is 10.2 Å². The number of nitrogens with one attached hydrogen (secondary N) is 1. The quantitative estimate of drug-likeness (QED) is 0.629. The first-order valence-corrected chi connectivity index (χ1v) is 9.62. The Labute approximate surface area is 164 Å². The number of thioether (sulfide) groups is 1. The lowest BCUT2D eigenvalue weighted by Crippen LogP contribution is -2.17. The lowest BCUT2D eigenvalue weighted by Gasteiger charge is -2.19. The van der Waals surface area contributed by atoms with Crippen molar-refractivity contribution in [2.45, 2.75) is 11.4 Å². The van der Waals surface area contributed by atoms with Crippen LogP contribution in [0.1, 0.15) is 11.8 Å². The zero-order valence-electron chi connectivity index (χ0n) is 14.8. The standard InChI is InChI=1S/C19H16N4O4S/c1-28-19-21-18-16(22-23-19)13-4-2-3-5-14(13)20-17(27-18)11-6-8-12(9-7-11)26-10-15(24)25/h2-9,17,20H,10H2,1H3,(H,24,25). The average molecular weight is 396 g/mol. The summed E-state index contributed by atoms with van der Waals surface area (Å²) in [5.74, 6) is -0.162. The van der Waals surface area contributed by atoms with Crippen LogP contribution in [-0.2, 0) is 4.79 Å². The highest BCUT2D eigenvalue weighted by molar-refractivity contribution is 7.98. The van der Waals surface area contributed by atoms with Crippen molar-refractivity contribution in [3.05, 3.63) is 54.1 Å². The Morgan fingerprint density at radius 2 is 2.00 bits per heavy atom. The van der Waals surface area contributed by atoms with E-state index in [1.54, 1.807) is 12.1 Å². The van der Waals surface area contributed by atoms with Crippen molar-refractivity contribution in [2.75, 3.05) is 18.2 Å². The fourth-order valence-corrected chi connectivity index (χ4v) is 3.07. The van der Waals surface area contributed by atoms with Gasteiger partial charge in [-0.1, -0.05) is 30.0 Å². The molecule has 9 heteroatoms. The second-order valence-electron chi connectivity index (χ2n) is 5.89. The van der Waals surface area contributed by atoms with E-state index >= 15 is 0 Å². The Balaban J connectivity index is 1.68. The van der Waals surface area contributed by atoms with Crippen molar-refractivity contribution in [1.29, 1.82) is 0 Å². The molecule has 1 aromatic heterocycles. The third-order valence-corrected chi connectivity index (χ3v) is 4.60. The smallest absolute Gasteiger partial charge is 0.341 e. The first kappa shape index (κ1) is 18.1. The highest BCUT2D eigenvalue weighted by Crippen LogP contribution is 2.39. The number of aliphatic carboxylic acids is 1. The normalized spacial score (nSPS) is 14.7. The Hall–Kier alpha value is -3.33. The van der Waals surface area contributed by atoms with Gasteiger partial charge in [-0.05, 0) is 36.6 Å².